The largest absolute Gasteiger partial charge is 0.384 e. The summed E-state index contributed by atoms with van der Waals surface area (Å²) in [5.74, 6) is 0.322. The van der Waals surface area contributed by atoms with Crippen molar-refractivity contribution in [3.63, 3.8) is 0 Å². The van der Waals surface area contributed by atoms with Gasteiger partial charge in [-0.15, -0.1) is 0 Å². The highest BCUT2D eigenvalue weighted by atomic mass is 32.2. The van der Waals surface area contributed by atoms with Gasteiger partial charge in [0.25, 0.3) is 0 Å². The van der Waals surface area contributed by atoms with Gasteiger partial charge in [-0.25, -0.2) is 13.4 Å². The number of nitrogens with zero attached hydrogens (tertiary/aromatic N) is 3. The number of sulfonamides is 1. The van der Waals surface area contributed by atoms with Crippen LogP contribution in [0.25, 0.3) is 0 Å². The molecule has 0 amide bonds. The van der Waals surface area contributed by atoms with Gasteiger partial charge in [-0.2, -0.15) is 4.31 Å². The number of likely N-dealkylation sites (N-methyl/N-ethyl adjacent to an activating group) is 1. The molecule has 1 saturated heterocycles. The normalized spacial score (nSPS) is 23.2. The molecule has 1 atom stereocenters. The van der Waals surface area contributed by atoms with Gasteiger partial charge in [0.05, 0.1) is 0 Å². The molecule has 2 rings (SSSR count). The van der Waals surface area contributed by atoms with Crippen LogP contribution < -0.4 is 5.73 Å². The molecular weight excluding hydrogens is 264 g/mol. The molecule has 0 radical (unpaired) electrons. The van der Waals surface area contributed by atoms with E-state index in [-0.39, 0.29) is 10.9 Å². The van der Waals surface area contributed by atoms with Gasteiger partial charge in [-0.3, -0.25) is 0 Å². The van der Waals surface area contributed by atoms with E-state index in [0.717, 1.165) is 19.5 Å². The highest BCUT2D eigenvalue weighted by Gasteiger charge is 2.31. The number of rotatable bonds is 2. The van der Waals surface area contributed by atoms with Crippen molar-refractivity contribution in [2.75, 3.05) is 32.4 Å². The SMILES string of the molecule is CC1CN(C)CCCN1S(=O)(=O)c1ccc(N)nc1. The fourth-order valence-electron chi connectivity index (χ4n) is 2.39. The summed E-state index contributed by atoms with van der Waals surface area (Å²) in [6, 6.07) is 2.98. The molecule has 19 heavy (non-hydrogen) atoms. The van der Waals surface area contributed by atoms with E-state index in [1.807, 2.05) is 14.0 Å². The van der Waals surface area contributed by atoms with Crippen LogP contribution in [0.2, 0.25) is 0 Å². The maximum Gasteiger partial charge on any atom is 0.244 e. The summed E-state index contributed by atoms with van der Waals surface area (Å²) in [5.41, 5.74) is 5.49. The third-order valence-electron chi connectivity index (χ3n) is 3.35. The van der Waals surface area contributed by atoms with Gasteiger partial charge in [0.1, 0.15) is 10.7 Å². The molecule has 2 N–H and O–H groups in total. The number of hydrogen-bond donors (Lipinski definition) is 1. The van der Waals surface area contributed by atoms with Crippen molar-refractivity contribution < 1.29 is 8.42 Å². The maximum absolute atomic E-state index is 12.6. The number of nitrogen functional groups attached to an aromatic ring is 1. The smallest absolute Gasteiger partial charge is 0.244 e. The van der Waals surface area contributed by atoms with Crippen LogP contribution in [-0.4, -0.2) is 55.3 Å². The average Bonchev–Trinajstić information content (AvgIpc) is 2.50. The number of hydrogen-bond acceptors (Lipinski definition) is 5. The summed E-state index contributed by atoms with van der Waals surface area (Å²) in [4.78, 5) is 6.23. The molecule has 1 unspecified atom stereocenters. The average molecular weight is 284 g/mol. The number of anilines is 1. The summed E-state index contributed by atoms with van der Waals surface area (Å²) in [5, 5.41) is 0. The molecule has 0 aliphatic carbocycles. The molecule has 6 nitrogen and oxygen atoms in total. The zero-order valence-corrected chi connectivity index (χ0v) is 12.1. The van der Waals surface area contributed by atoms with E-state index >= 15 is 0 Å². The second kappa shape index (κ2) is 5.44. The van der Waals surface area contributed by atoms with Gasteiger partial charge in [0.15, 0.2) is 0 Å². The molecule has 106 valence electrons. The minimum atomic E-state index is -3.49. The Kier molecular flexibility index (Phi) is 4.07. The van der Waals surface area contributed by atoms with Crippen molar-refractivity contribution in [1.82, 2.24) is 14.2 Å². The fraction of sp³-hybridized carbons (Fsp3) is 0.583. The lowest BCUT2D eigenvalue weighted by Gasteiger charge is -2.27. The standard InChI is InChI=1S/C12H20N4O2S/c1-10-9-15(2)6-3-7-16(10)19(17,18)11-4-5-12(13)14-8-11/h4-5,8,10H,3,6-7,9H2,1-2H3,(H2,13,14). The van der Waals surface area contributed by atoms with Gasteiger partial charge in [-0.05, 0) is 39.1 Å². The van der Waals surface area contributed by atoms with Crippen LogP contribution in [-0.2, 0) is 10.0 Å². The highest BCUT2D eigenvalue weighted by molar-refractivity contribution is 7.89. The number of pyridine rings is 1. The Labute approximate surface area is 114 Å². The van der Waals surface area contributed by atoms with Crippen molar-refractivity contribution in [3.8, 4) is 0 Å². The summed E-state index contributed by atoms with van der Waals surface area (Å²) in [6.45, 7) is 4.13. The molecule has 1 aromatic heterocycles. The van der Waals surface area contributed by atoms with Gasteiger partial charge < -0.3 is 10.6 Å². The Morgan fingerprint density at radius 1 is 1.37 bits per heavy atom. The second-order valence-corrected chi connectivity index (χ2v) is 6.89. The first kappa shape index (κ1) is 14.2. The van der Waals surface area contributed by atoms with Crippen LogP contribution in [0, 0.1) is 0 Å². The van der Waals surface area contributed by atoms with Crippen LogP contribution in [0.3, 0.4) is 0 Å². The Hall–Kier alpha value is -1.18. The monoisotopic (exact) mass is 284 g/mol. The van der Waals surface area contributed by atoms with E-state index in [1.54, 1.807) is 4.31 Å². The molecule has 0 spiro atoms. The maximum atomic E-state index is 12.6. The topological polar surface area (TPSA) is 79.5 Å². The highest BCUT2D eigenvalue weighted by Crippen LogP contribution is 2.20. The van der Waals surface area contributed by atoms with Crippen molar-refractivity contribution in [1.29, 1.82) is 0 Å². The fourth-order valence-corrected chi connectivity index (χ4v) is 3.99. The number of nitrogens with two attached hydrogens (primary N) is 1. The lowest BCUT2D eigenvalue weighted by atomic mass is 10.3. The van der Waals surface area contributed by atoms with Gasteiger partial charge >= 0.3 is 0 Å². The van der Waals surface area contributed by atoms with Gasteiger partial charge in [-0.1, -0.05) is 0 Å². The van der Waals surface area contributed by atoms with Crippen LogP contribution in [0.5, 0.6) is 0 Å². The third kappa shape index (κ3) is 3.05. The minimum absolute atomic E-state index is 0.0462. The number of aromatic nitrogens is 1. The first-order chi connectivity index (χ1) is 8.91. The summed E-state index contributed by atoms with van der Waals surface area (Å²) >= 11 is 0. The van der Waals surface area contributed by atoms with Crippen molar-refractivity contribution in [2.24, 2.45) is 0 Å². The lowest BCUT2D eigenvalue weighted by Crippen LogP contribution is -2.41. The molecule has 7 heteroatoms. The Morgan fingerprint density at radius 3 is 2.74 bits per heavy atom. The van der Waals surface area contributed by atoms with Crippen molar-refractivity contribution in [3.05, 3.63) is 18.3 Å². The molecule has 1 aromatic rings. The van der Waals surface area contributed by atoms with E-state index in [9.17, 15) is 8.42 Å². The third-order valence-corrected chi connectivity index (χ3v) is 5.35. The van der Waals surface area contributed by atoms with E-state index in [0.29, 0.717) is 12.4 Å². The van der Waals surface area contributed by atoms with Crippen LogP contribution in [0.4, 0.5) is 5.82 Å². The minimum Gasteiger partial charge on any atom is -0.384 e. The van der Waals surface area contributed by atoms with Crippen molar-refractivity contribution in [2.45, 2.75) is 24.3 Å². The van der Waals surface area contributed by atoms with E-state index in [1.165, 1.54) is 18.3 Å². The molecule has 1 aliphatic rings. The van der Waals surface area contributed by atoms with Crippen LogP contribution >= 0.6 is 0 Å². The summed E-state index contributed by atoms with van der Waals surface area (Å²) < 4.78 is 26.7. The van der Waals surface area contributed by atoms with Crippen LogP contribution in [0.15, 0.2) is 23.2 Å². The predicted molar refractivity (Wildman–Crippen MR) is 74.1 cm³/mol. The Balaban J connectivity index is 2.30. The van der Waals surface area contributed by atoms with E-state index in [4.69, 9.17) is 5.73 Å². The van der Waals surface area contributed by atoms with E-state index < -0.39 is 10.0 Å². The van der Waals surface area contributed by atoms with Crippen LogP contribution in [0.1, 0.15) is 13.3 Å². The Bertz CT molecular complexity index is 529. The summed E-state index contributed by atoms with van der Waals surface area (Å²) in [6.07, 6.45) is 2.16. The molecule has 0 aromatic carbocycles. The summed E-state index contributed by atoms with van der Waals surface area (Å²) in [7, 11) is -1.47. The molecule has 1 fully saturated rings. The molecule has 0 saturated carbocycles. The van der Waals surface area contributed by atoms with Gasteiger partial charge in [0.2, 0.25) is 10.0 Å². The first-order valence-electron chi connectivity index (χ1n) is 6.33. The molecular formula is C12H20N4O2S. The lowest BCUT2D eigenvalue weighted by molar-refractivity contribution is 0.290. The zero-order chi connectivity index (χ0) is 14.0. The molecule has 0 bridgehead atoms. The molecule has 2 heterocycles. The zero-order valence-electron chi connectivity index (χ0n) is 11.3. The van der Waals surface area contributed by atoms with Gasteiger partial charge in [0, 0.05) is 25.3 Å². The van der Waals surface area contributed by atoms with E-state index in [2.05, 4.69) is 9.88 Å². The predicted octanol–water partition coefficient (Wildman–Crippen LogP) is 0.379. The quantitative estimate of drug-likeness (QED) is 0.849. The molecule has 1 aliphatic heterocycles. The Morgan fingerprint density at radius 2 is 2.11 bits per heavy atom. The second-order valence-electron chi connectivity index (χ2n) is 5.00. The van der Waals surface area contributed by atoms with Crippen molar-refractivity contribution >= 4 is 15.8 Å². The first-order valence-corrected chi connectivity index (χ1v) is 7.77.